The van der Waals surface area contributed by atoms with Crippen LogP contribution in [-0.4, -0.2) is 45.5 Å². The van der Waals surface area contributed by atoms with Gasteiger partial charge in [-0.15, -0.1) is 0 Å². The maximum absolute atomic E-state index is 13.6. The Hall–Kier alpha value is -3.43. The summed E-state index contributed by atoms with van der Waals surface area (Å²) >= 11 is 0. The molecule has 180 valence electrons. The number of benzene rings is 2. The van der Waals surface area contributed by atoms with E-state index in [1.807, 2.05) is 30.3 Å². The van der Waals surface area contributed by atoms with Crippen LogP contribution >= 0.6 is 0 Å². The van der Waals surface area contributed by atoms with Crippen molar-refractivity contribution in [1.82, 2.24) is 18.2 Å². The highest BCUT2D eigenvalue weighted by molar-refractivity contribution is 7.87. The molecule has 3 N–H and O–H groups in total. The van der Waals surface area contributed by atoms with Crippen LogP contribution in [0.3, 0.4) is 0 Å². The molecule has 2 aromatic carbocycles. The highest BCUT2D eigenvalue weighted by Crippen LogP contribution is 2.45. The zero-order valence-corrected chi connectivity index (χ0v) is 20.5. The number of anilines is 1. The fourth-order valence-corrected chi connectivity index (χ4v) is 6.98. The van der Waals surface area contributed by atoms with Gasteiger partial charge in [-0.2, -0.15) is 12.7 Å². The standard InChI is InChI=1S/C26H27N5O3S/c1-26(2)21-13-17(16-7-10-30(11-8-16)35(33,34)31-12-9-28-15-31)3-5-19(21)24(32)23-20-6-4-18(27)14-22(20)29-25(23)26/h3-6,9,12-16,29H,7-8,10-11,27H2,1-2H3. The molecule has 8 nitrogen and oxygen atoms in total. The van der Waals surface area contributed by atoms with Gasteiger partial charge in [-0.05, 0) is 42.0 Å². The van der Waals surface area contributed by atoms with Gasteiger partial charge in [0, 0.05) is 58.7 Å². The van der Waals surface area contributed by atoms with E-state index in [-0.39, 0.29) is 11.7 Å². The Morgan fingerprint density at radius 2 is 1.89 bits per heavy atom. The maximum atomic E-state index is 13.6. The Kier molecular flexibility index (Phi) is 4.75. The van der Waals surface area contributed by atoms with Gasteiger partial charge in [0.25, 0.3) is 0 Å². The lowest BCUT2D eigenvalue weighted by Gasteiger charge is -2.35. The average molecular weight is 490 g/mol. The maximum Gasteiger partial charge on any atom is 0.308 e. The van der Waals surface area contributed by atoms with Crippen LogP contribution in [0.4, 0.5) is 5.69 Å². The van der Waals surface area contributed by atoms with Crippen molar-refractivity contribution >= 4 is 32.6 Å². The number of aromatic nitrogens is 3. The van der Waals surface area contributed by atoms with Crippen molar-refractivity contribution in [2.75, 3.05) is 18.8 Å². The number of imidazole rings is 1. The Bertz CT molecular complexity index is 1580. The van der Waals surface area contributed by atoms with Gasteiger partial charge in [-0.3, -0.25) is 4.79 Å². The molecule has 0 unspecified atom stereocenters. The number of carbonyl (C=O) groups excluding carboxylic acids is 1. The molecule has 2 aromatic heterocycles. The number of nitrogens with zero attached hydrogens (tertiary/aromatic N) is 3. The van der Waals surface area contributed by atoms with E-state index in [1.54, 1.807) is 0 Å². The molecule has 9 heteroatoms. The van der Waals surface area contributed by atoms with E-state index in [0.29, 0.717) is 18.8 Å². The lowest BCUT2D eigenvalue weighted by Crippen LogP contribution is -2.40. The summed E-state index contributed by atoms with van der Waals surface area (Å²) in [5, 5.41) is 0.897. The topological polar surface area (TPSA) is 114 Å². The van der Waals surface area contributed by atoms with Crippen molar-refractivity contribution in [3.05, 3.63) is 83.1 Å². The van der Waals surface area contributed by atoms with Crippen LogP contribution in [0.15, 0.2) is 55.1 Å². The van der Waals surface area contributed by atoms with E-state index < -0.39 is 15.6 Å². The van der Waals surface area contributed by atoms with E-state index in [1.165, 1.54) is 23.0 Å². The number of carbonyl (C=O) groups is 1. The third-order valence-corrected chi connectivity index (χ3v) is 9.40. The Labute approximate surface area is 204 Å². The van der Waals surface area contributed by atoms with Gasteiger partial charge in [-0.25, -0.2) is 8.96 Å². The summed E-state index contributed by atoms with van der Waals surface area (Å²) in [6, 6.07) is 11.8. The number of nitrogens with one attached hydrogen (secondary N) is 1. The predicted molar refractivity (Wildman–Crippen MR) is 135 cm³/mol. The lowest BCUT2D eigenvalue weighted by molar-refractivity contribution is 0.103. The van der Waals surface area contributed by atoms with Crippen LogP contribution in [0.5, 0.6) is 0 Å². The molecule has 0 amide bonds. The summed E-state index contributed by atoms with van der Waals surface area (Å²) in [5.41, 5.74) is 11.6. The minimum Gasteiger partial charge on any atom is -0.399 e. The quantitative estimate of drug-likeness (QED) is 0.425. The fraction of sp³-hybridized carbons (Fsp3) is 0.308. The van der Waals surface area contributed by atoms with Crippen LogP contribution in [0.25, 0.3) is 10.9 Å². The minimum absolute atomic E-state index is 0.0261. The first-order valence-corrected chi connectivity index (χ1v) is 13.2. The zero-order valence-electron chi connectivity index (χ0n) is 19.7. The lowest BCUT2D eigenvalue weighted by atomic mass is 9.70. The molecule has 0 atom stereocenters. The number of nitrogens with two attached hydrogens (primary N) is 1. The van der Waals surface area contributed by atoms with Gasteiger partial charge < -0.3 is 10.7 Å². The summed E-state index contributed by atoms with van der Waals surface area (Å²) in [6.07, 6.45) is 5.68. The molecular formula is C26H27N5O3S. The summed E-state index contributed by atoms with van der Waals surface area (Å²) in [6.45, 7) is 5.16. The van der Waals surface area contributed by atoms with Gasteiger partial charge in [0.15, 0.2) is 5.78 Å². The number of H-pyrrole nitrogens is 1. The molecular weight excluding hydrogens is 462 g/mol. The minimum atomic E-state index is -3.58. The van der Waals surface area contributed by atoms with E-state index in [2.05, 4.69) is 29.9 Å². The molecule has 0 spiro atoms. The van der Waals surface area contributed by atoms with Crippen molar-refractivity contribution in [2.24, 2.45) is 0 Å². The normalized spacial score (nSPS) is 18.5. The van der Waals surface area contributed by atoms with Gasteiger partial charge in [0.1, 0.15) is 6.33 Å². The Morgan fingerprint density at radius 1 is 1.11 bits per heavy atom. The van der Waals surface area contributed by atoms with Crippen LogP contribution in [0.1, 0.15) is 65.3 Å². The monoisotopic (exact) mass is 489 g/mol. The molecule has 2 aliphatic rings. The summed E-state index contributed by atoms with van der Waals surface area (Å²) in [7, 11) is -3.58. The summed E-state index contributed by atoms with van der Waals surface area (Å²) in [4.78, 5) is 20.9. The van der Waals surface area contributed by atoms with Gasteiger partial charge in [0.2, 0.25) is 0 Å². The molecule has 3 heterocycles. The first-order valence-electron chi connectivity index (χ1n) is 11.8. The number of piperidine rings is 1. The number of nitrogen functional groups attached to an aromatic ring is 1. The molecule has 1 aliphatic heterocycles. The third-order valence-electron chi connectivity index (χ3n) is 7.63. The molecule has 0 bridgehead atoms. The molecule has 4 aromatic rings. The number of rotatable bonds is 3. The SMILES string of the molecule is CC1(C)c2cc(C3CCN(S(=O)(=O)n4ccnc4)CC3)ccc2C(=O)c2c1[nH]c1cc(N)ccc21. The van der Waals surface area contributed by atoms with Crippen molar-refractivity contribution in [3.8, 4) is 0 Å². The fourth-order valence-electron chi connectivity index (χ4n) is 5.66. The largest absolute Gasteiger partial charge is 0.399 e. The van der Waals surface area contributed by atoms with Crippen molar-refractivity contribution in [3.63, 3.8) is 0 Å². The molecule has 1 fully saturated rings. The smallest absolute Gasteiger partial charge is 0.308 e. The zero-order chi connectivity index (χ0) is 24.5. The van der Waals surface area contributed by atoms with Crippen LogP contribution in [-0.2, 0) is 15.6 Å². The number of aromatic amines is 1. The predicted octanol–water partition coefficient (Wildman–Crippen LogP) is 3.79. The van der Waals surface area contributed by atoms with Crippen LogP contribution in [0, 0.1) is 0 Å². The molecule has 1 saturated heterocycles. The number of hydrogen-bond donors (Lipinski definition) is 2. The highest BCUT2D eigenvalue weighted by atomic mass is 32.2. The second-order valence-corrected chi connectivity index (χ2v) is 11.8. The summed E-state index contributed by atoms with van der Waals surface area (Å²) < 4.78 is 28.3. The first kappa shape index (κ1) is 22.1. The number of fused-ring (bicyclic) bond motifs is 4. The van der Waals surface area contributed by atoms with Gasteiger partial charge >= 0.3 is 10.2 Å². The first-order chi connectivity index (χ1) is 16.7. The Morgan fingerprint density at radius 3 is 2.60 bits per heavy atom. The average Bonchev–Trinajstić information content (AvgIpc) is 3.52. The molecule has 0 saturated carbocycles. The molecule has 0 radical (unpaired) electrons. The summed E-state index contributed by atoms with van der Waals surface area (Å²) in [5.74, 6) is 0.252. The molecule has 35 heavy (non-hydrogen) atoms. The van der Waals surface area contributed by atoms with E-state index in [0.717, 1.165) is 55.7 Å². The second kappa shape index (κ2) is 7.53. The molecule has 6 rings (SSSR count). The van der Waals surface area contributed by atoms with E-state index >= 15 is 0 Å². The second-order valence-electron chi connectivity index (χ2n) is 10.0. The van der Waals surface area contributed by atoms with E-state index in [9.17, 15) is 13.2 Å². The van der Waals surface area contributed by atoms with E-state index in [4.69, 9.17) is 5.73 Å². The van der Waals surface area contributed by atoms with Gasteiger partial charge in [-0.1, -0.05) is 38.1 Å². The Balaban J connectivity index is 1.32. The highest BCUT2D eigenvalue weighted by Gasteiger charge is 2.40. The van der Waals surface area contributed by atoms with Crippen LogP contribution in [0.2, 0.25) is 0 Å². The van der Waals surface area contributed by atoms with Crippen molar-refractivity contribution < 1.29 is 13.2 Å². The van der Waals surface area contributed by atoms with Crippen molar-refractivity contribution in [1.29, 1.82) is 0 Å². The van der Waals surface area contributed by atoms with Crippen molar-refractivity contribution in [2.45, 2.75) is 38.0 Å². The number of hydrogen-bond acceptors (Lipinski definition) is 5. The van der Waals surface area contributed by atoms with Crippen LogP contribution < -0.4 is 5.73 Å². The van der Waals surface area contributed by atoms with Gasteiger partial charge in [0.05, 0.1) is 5.56 Å². The molecule has 1 aliphatic carbocycles. The number of ketones is 1. The third kappa shape index (κ3) is 3.25.